The van der Waals surface area contributed by atoms with E-state index < -0.39 is 6.10 Å². The summed E-state index contributed by atoms with van der Waals surface area (Å²) in [4.78, 5) is 11.6. The van der Waals surface area contributed by atoms with Crippen molar-refractivity contribution < 1.29 is 9.53 Å². The van der Waals surface area contributed by atoms with Gasteiger partial charge in [-0.05, 0) is 34.1 Å². The number of halogens is 3. The highest BCUT2D eigenvalue weighted by atomic mass is 79.9. The van der Waals surface area contributed by atoms with Gasteiger partial charge >= 0.3 is 0 Å². The molecule has 0 fully saturated rings. The minimum Gasteiger partial charge on any atom is -0.370 e. The van der Waals surface area contributed by atoms with E-state index in [-0.39, 0.29) is 24.9 Å². The Morgan fingerprint density at radius 3 is 2.76 bits per heavy atom. The van der Waals surface area contributed by atoms with Crippen LogP contribution < -0.4 is 11.1 Å². The fourth-order valence-electron chi connectivity index (χ4n) is 1.11. The largest absolute Gasteiger partial charge is 0.370 e. The van der Waals surface area contributed by atoms with Gasteiger partial charge in [-0.15, -0.1) is 12.4 Å². The zero-order valence-electron chi connectivity index (χ0n) is 9.07. The topological polar surface area (TPSA) is 64.3 Å². The van der Waals surface area contributed by atoms with E-state index in [2.05, 4.69) is 21.2 Å². The van der Waals surface area contributed by atoms with E-state index in [1.807, 2.05) is 0 Å². The lowest BCUT2D eigenvalue weighted by molar-refractivity contribution is -0.125. The molecule has 1 aromatic carbocycles. The standard InChI is InChI=1S/C10H12BrClN2O2.ClH/c1-16-9(5-13)10(15)14-6-2-3-8(12)7(11)4-6;/h2-4,9H,5,13H2,1H3,(H,14,15);1H. The molecule has 0 saturated heterocycles. The van der Waals surface area contributed by atoms with Gasteiger partial charge in [0, 0.05) is 23.8 Å². The molecule has 17 heavy (non-hydrogen) atoms. The van der Waals surface area contributed by atoms with Crippen LogP contribution in [0.25, 0.3) is 0 Å². The lowest BCUT2D eigenvalue weighted by Crippen LogP contribution is -2.35. The quantitative estimate of drug-likeness (QED) is 0.882. The van der Waals surface area contributed by atoms with Crippen LogP contribution in [0.1, 0.15) is 0 Å². The number of carbonyl (C=O) groups excluding carboxylic acids is 1. The highest BCUT2D eigenvalue weighted by Crippen LogP contribution is 2.25. The number of nitrogens with one attached hydrogen (secondary N) is 1. The molecule has 4 nitrogen and oxygen atoms in total. The van der Waals surface area contributed by atoms with Crippen LogP contribution in [0.3, 0.4) is 0 Å². The van der Waals surface area contributed by atoms with E-state index in [0.717, 1.165) is 0 Å². The Morgan fingerprint density at radius 1 is 1.65 bits per heavy atom. The average Bonchev–Trinajstić information content (AvgIpc) is 2.25. The Morgan fingerprint density at radius 2 is 2.29 bits per heavy atom. The van der Waals surface area contributed by atoms with Gasteiger partial charge in [-0.3, -0.25) is 4.79 Å². The van der Waals surface area contributed by atoms with Crippen molar-refractivity contribution in [2.75, 3.05) is 19.0 Å². The number of methoxy groups -OCH3 is 1. The molecule has 0 saturated carbocycles. The summed E-state index contributed by atoms with van der Waals surface area (Å²) in [5.74, 6) is -0.278. The first-order valence-electron chi connectivity index (χ1n) is 4.57. The molecule has 96 valence electrons. The highest BCUT2D eigenvalue weighted by molar-refractivity contribution is 9.10. The number of amides is 1. The Hall–Kier alpha value is -0.330. The Bertz CT molecular complexity index is 387. The first-order chi connectivity index (χ1) is 7.58. The van der Waals surface area contributed by atoms with Crippen LogP contribution in [-0.2, 0) is 9.53 Å². The maximum atomic E-state index is 11.6. The number of benzene rings is 1. The number of carbonyl (C=O) groups is 1. The van der Waals surface area contributed by atoms with Crippen molar-refractivity contribution in [3.8, 4) is 0 Å². The van der Waals surface area contributed by atoms with Gasteiger partial charge in [-0.1, -0.05) is 11.6 Å². The Kier molecular flexibility index (Phi) is 7.74. The van der Waals surface area contributed by atoms with E-state index in [4.69, 9.17) is 22.1 Å². The zero-order chi connectivity index (χ0) is 12.1. The van der Waals surface area contributed by atoms with Gasteiger partial charge in [0.1, 0.15) is 6.10 Å². The summed E-state index contributed by atoms with van der Waals surface area (Å²) in [5.41, 5.74) is 6.01. The predicted molar refractivity (Wildman–Crippen MR) is 74.9 cm³/mol. The van der Waals surface area contributed by atoms with Gasteiger partial charge in [0.2, 0.25) is 0 Å². The summed E-state index contributed by atoms with van der Waals surface area (Å²) in [5, 5.41) is 3.26. The highest BCUT2D eigenvalue weighted by Gasteiger charge is 2.15. The number of hydrogen-bond donors (Lipinski definition) is 2. The summed E-state index contributed by atoms with van der Waals surface area (Å²) in [6.07, 6.45) is -0.644. The van der Waals surface area contributed by atoms with Gasteiger partial charge in [0.15, 0.2) is 0 Å². The molecular formula is C10H13BrCl2N2O2. The van der Waals surface area contributed by atoms with Crippen LogP contribution in [0, 0.1) is 0 Å². The van der Waals surface area contributed by atoms with E-state index in [0.29, 0.717) is 15.2 Å². The lowest BCUT2D eigenvalue weighted by Gasteiger charge is -2.13. The summed E-state index contributed by atoms with van der Waals surface area (Å²) < 4.78 is 5.63. The number of anilines is 1. The van der Waals surface area contributed by atoms with E-state index >= 15 is 0 Å². The number of nitrogens with two attached hydrogens (primary N) is 1. The van der Waals surface area contributed by atoms with Gasteiger partial charge in [0.05, 0.1) is 5.02 Å². The second-order valence-electron chi connectivity index (χ2n) is 3.08. The Labute approximate surface area is 119 Å². The number of rotatable bonds is 4. The monoisotopic (exact) mass is 342 g/mol. The van der Waals surface area contributed by atoms with Crippen molar-refractivity contribution in [3.05, 3.63) is 27.7 Å². The molecule has 1 amide bonds. The molecule has 3 N–H and O–H groups in total. The van der Waals surface area contributed by atoms with E-state index in [1.54, 1.807) is 18.2 Å². The van der Waals surface area contributed by atoms with Crippen molar-refractivity contribution in [1.82, 2.24) is 0 Å². The number of hydrogen-bond acceptors (Lipinski definition) is 3. The lowest BCUT2D eigenvalue weighted by atomic mass is 10.3. The maximum absolute atomic E-state index is 11.6. The minimum atomic E-state index is -0.644. The molecule has 0 heterocycles. The molecule has 0 bridgehead atoms. The third-order valence-electron chi connectivity index (χ3n) is 1.98. The second-order valence-corrected chi connectivity index (χ2v) is 4.34. The van der Waals surface area contributed by atoms with Gasteiger partial charge in [-0.2, -0.15) is 0 Å². The van der Waals surface area contributed by atoms with Crippen molar-refractivity contribution in [2.24, 2.45) is 5.73 Å². The first kappa shape index (κ1) is 16.7. The van der Waals surface area contributed by atoms with Gasteiger partial charge in [-0.25, -0.2) is 0 Å². The van der Waals surface area contributed by atoms with Gasteiger partial charge in [0.25, 0.3) is 5.91 Å². The molecule has 0 aliphatic rings. The van der Waals surface area contributed by atoms with Crippen molar-refractivity contribution in [1.29, 1.82) is 0 Å². The molecule has 0 aliphatic carbocycles. The molecule has 1 unspecified atom stereocenters. The summed E-state index contributed by atoms with van der Waals surface area (Å²) in [7, 11) is 1.44. The SMILES string of the molecule is COC(CN)C(=O)Nc1ccc(Cl)c(Br)c1.Cl. The van der Waals surface area contributed by atoms with Crippen molar-refractivity contribution in [3.63, 3.8) is 0 Å². The van der Waals surface area contributed by atoms with Crippen LogP contribution in [0.2, 0.25) is 5.02 Å². The van der Waals surface area contributed by atoms with Crippen LogP contribution in [0.4, 0.5) is 5.69 Å². The van der Waals surface area contributed by atoms with Gasteiger partial charge < -0.3 is 15.8 Å². The van der Waals surface area contributed by atoms with E-state index in [1.165, 1.54) is 7.11 Å². The van der Waals surface area contributed by atoms with E-state index in [9.17, 15) is 4.79 Å². The third-order valence-corrected chi connectivity index (χ3v) is 3.19. The smallest absolute Gasteiger partial charge is 0.254 e. The molecule has 0 spiro atoms. The molecule has 1 rings (SSSR count). The van der Waals surface area contributed by atoms with Crippen LogP contribution in [-0.4, -0.2) is 25.7 Å². The predicted octanol–water partition coefficient (Wildman–Crippen LogP) is 2.44. The summed E-state index contributed by atoms with van der Waals surface area (Å²) in [6.45, 7) is 0.136. The molecular weight excluding hydrogens is 331 g/mol. The van der Waals surface area contributed by atoms with Crippen molar-refractivity contribution in [2.45, 2.75) is 6.10 Å². The summed E-state index contributed by atoms with van der Waals surface area (Å²) >= 11 is 9.10. The zero-order valence-corrected chi connectivity index (χ0v) is 12.2. The molecule has 0 aliphatic heterocycles. The summed E-state index contributed by atoms with van der Waals surface area (Å²) in [6, 6.07) is 5.10. The number of ether oxygens (including phenoxy) is 1. The molecule has 1 atom stereocenters. The maximum Gasteiger partial charge on any atom is 0.254 e. The molecule has 1 aromatic rings. The molecule has 0 radical (unpaired) electrons. The second kappa shape index (κ2) is 7.89. The van der Waals surface area contributed by atoms with Crippen LogP contribution in [0.15, 0.2) is 22.7 Å². The van der Waals surface area contributed by atoms with Crippen LogP contribution >= 0.6 is 39.9 Å². The first-order valence-corrected chi connectivity index (χ1v) is 5.74. The van der Waals surface area contributed by atoms with Crippen LogP contribution in [0.5, 0.6) is 0 Å². The molecule has 0 aromatic heterocycles. The fourth-order valence-corrected chi connectivity index (χ4v) is 1.60. The average molecular weight is 344 g/mol. The normalized spacial score (nSPS) is 11.5. The van der Waals surface area contributed by atoms with Crippen molar-refractivity contribution >= 4 is 51.5 Å². The molecule has 7 heteroatoms. The fraction of sp³-hybridized carbons (Fsp3) is 0.300. The minimum absolute atomic E-state index is 0. The Balaban J connectivity index is 0.00000256. The third kappa shape index (κ3) is 4.81.